The van der Waals surface area contributed by atoms with Crippen molar-refractivity contribution in [3.63, 3.8) is 0 Å². The van der Waals surface area contributed by atoms with E-state index in [0.717, 1.165) is 11.5 Å². The van der Waals surface area contributed by atoms with Gasteiger partial charge in [-0.3, -0.25) is 9.69 Å². The Bertz CT molecular complexity index is 556. The van der Waals surface area contributed by atoms with Crippen LogP contribution in [-0.2, 0) is 14.8 Å². The molecule has 0 aliphatic carbocycles. The standard InChI is InChI=1S/C8H12N4O3S3/c1-16-7-10-8(17-11-7)12-3-5(2-6(12)13)4-18(9,14)15/h5H,2-4H2,1H3,(H2,9,14,15). The van der Waals surface area contributed by atoms with Gasteiger partial charge < -0.3 is 0 Å². The first-order valence-electron chi connectivity index (χ1n) is 5.07. The maximum absolute atomic E-state index is 11.8. The van der Waals surface area contributed by atoms with Gasteiger partial charge in [0.15, 0.2) is 0 Å². The van der Waals surface area contributed by atoms with Crippen molar-refractivity contribution >= 4 is 44.4 Å². The first kappa shape index (κ1) is 13.7. The first-order chi connectivity index (χ1) is 8.39. The Morgan fingerprint density at radius 1 is 1.61 bits per heavy atom. The van der Waals surface area contributed by atoms with E-state index in [2.05, 4.69) is 9.36 Å². The molecule has 2 N–H and O–H groups in total. The lowest BCUT2D eigenvalue weighted by atomic mass is 10.1. The third-order valence-corrected chi connectivity index (χ3v) is 4.82. The predicted octanol–water partition coefficient (Wildman–Crippen LogP) is -0.0986. The number of amides is 1. The van der Waals surface area contributed by atoms with Crippen LogP contribution in [0.4, 0.5) is 5.13 Å². The Hall–Kier alpha value is -0.710. The second kappa shape index (κ2) is 5.11. The van der Waals surface area contributed by atoms with Gasteiger partial charge in [-0.15, -0.1) is 0 Å². The molecule has 0 radical (unpaired) electrons. The van der Waals surface area contributed by atoms with Gasteiger partial charge in [-0.25, -0.2) is 13.6 Å². The molecule has 100 valence electrons. The summed E-state index contributed by atoms with van der Waals surface area (Å²) in [7, 11) is -3.55. The molecule has 1 fully saturated rings. The van der Waals surface area contributed by atoms with Gasteiger partial charge in [-0.05, 0) is 6.26 Å². The van der Waals surface area contributed by atoms with E-state index in [9.17, 15) is 13.2 Å². The first-order valence-corrected chi connectivity index (χ1v) is 8.79. The summed E-state index contributed by atoms with van der Waals surface area (Å²) in [4.78, 5) is 17.5. The Morgan fingerprint density at radius 3 is 2.89 bits per heavy atom. The number of anilines is 1. The second-order valence-corrected chi connectivity index (χ2v) is 7.13. The van der Waals surface area contributed by atoms with Crippen molar-refractivity contribution in [3.8, 4) is 0 Å². The van der Waals surface area contributed by atoms with Gasteiger partial charge in [-0.1, -0.05) is 11.8 Å². The average molecular weight is 308 g/mol. The topological polar surface area (TPSA) is 106 Å². The summed E-state index contributed by atoms with van der Waals surface area (Å²) in [5.74, 6) is -0.578. The molecule has 7 nitrogen and oxygen atoms in total. The lowest BCUT2D eigenvalue weighted by Crippen LogP contribution is -2.27. The molecule has 1 aliphatic heterocycles. The number of sulfonamides is 1. The number of nitrogens with two attached hydrogens (primary N) is 1. The van der Waals surface area contributed by atoms with E-state index in [4.69, 9.17) is 5.14 Å². The van der Waals surface area contributed by atoms with Crippen molar-refractivity contribution in [2.75, 3.05) is 23.5 Å². The summed E-state index contributed by atoms with van der Waals surface area (Å²) in [6, 6.07) is 0. The van der Waals surface area contributed by atoms with Crippen LogP contribution in [0.15, 0.2) is 5.16 Å². The van der Waals surface area contributed by atoms with Crippen LogP contribution in [-0.4, -0.2) is 42.2 Å². The zero-order chi connectivity index (χ0) is 13.3. The Kier molecular flexibility index (Phi) is 3.90. The highest BCUT2D eigenvalue weighted by Gasteiger charge is 2.34. The number of thioether (sulfide) groups is 1. The maximum atomic E-state index is 11.8. The predicted molar refractivity (Wildman–Crippen MR) is 70.1 cm³/mol. The summed E-state index contributed by atoms with van der Waals surface area (Å²) < 4.78 is 26.1. The molecule has 1 atom stereocenters. The fourth-order valence-corrected chi connectivity index (χ4v) is 3.93. The quantitative estimate of drug-likeness (QED) is 0.779. The summed E-state index contributed by atoms with van der Waals surface area (Å²) in [5, 5.41) is 6.11. The van der Waals surface area contributed by atoms with Gasteiger partial charge in [0.05, 0.1) is 5.75 Å². The van der Waals surface area contributed by atoms with Crippen molar-refractivity contribution < 1.29 is 13.2 Å². The Morgan fingerprint density at radius 2 is 2.33 bits per heavy atom. The number of primary sulfonamides is 1. The van der Waals surface area contributed by atoms with Crippen LogP contribution in [0, 0.1) is 5.92 Å². The molecular formula is C8H12N4O3S3. The van der Waals surface area contributed by atoms with E-state index in [1.807, 2.05) is 6.26 Å². The molecule has 0 spiro atoms. The molecule has 1 aromatic rings. The van der Waals surface area contributed by atoms with Gasteiger partial charge in [0.25, 0.3) is 0 Å². The number of carbonyl (C=O) groups excluding carboxylic acids is 1. The molecular weight excluding hydrogens is 296 g/mol. The van der Waals surface area contributed by atoms with Gasteiger partial charge in [0.2, 0.25) is 26.2 Å². The second-order valence-electron chi connectivity index (χ2n) is 3.97. The summed E-state index contributed by atoms with van der Waals surface area (Å²) in [5.41, 5.74) is 0. The van der Waals surface area contributed by atoms with Gasteiger partial charge >= 0.3 is 0 Å². The van der Waals surface area contributed by atoms with E-state index < -0.39 is 10.0 Å². The van der Waals surface area contributed by atoms with Crippen LogP contribution >= 0.6 is 23.3 Å². The van der Waals surface area contributed by atoms with E-state index in [-0.39, 0.29) is 24.0 Å². The zero-order valence-electron chi connectivity index (χ0n) is 9.57. The summed E-state index contributed by atoms with van der Waals surface area (Å²) in [6.45, 7) is 0.332. The minimum absolute atomic E-state index is 0.132. The molecule has 1 aliphatic rings. The van der Waals surface area contributed by atoms with E-state index in [1.165, 1.54) is 16.7 Å². The SMILES string of the molecule is CSc1nsc(N2CC(CS(N)(=O)=O)CC2=O)n1. The molecule has 1 saturated heterocycles. The van der Waals surface area contributed by atoms with Crippen LogP contribution < -0.4 is 10.0 Å². The van der Waals surface area contributed by atoms with Crippen LogP contribution in [0.3, 0.4) is 0 Å². The van der Waals surface area contributed by atoms with Crippen LogP contribution in [0.5, 0.6) is 0 Å². The number of aromatic nitrogens is 2. The fourth-order valence-electron chi connectivity index (χ4n) is 1.80. The van der Waals surface area contributed by atoms with E-state index in [1.54, 1.807) is 0 Å². The van der Waals surface area contributed by atoms with Gasteiger partial charge in [0, 0.05) is 30.4 Å². The molecule has 1 aromatic heterocycles. The van der Waals surface area contributed by atoms with Gasteiger partial charge in [-0.2, -0.15) is 9.36 Å². The zero-order valence-corrected chi connectivity index (χ0v) is 12.0. The fraction of sp³-hybridized carbons (Fsp3) is 0.625. The third-order valence-electron chi connectivity index (χ3n) is 2.48. The molecule has 2 heterocycles. The number of hydrogen-bond donors (Lipinski definition) is 1. The minimum Gasteiger partial charge on any atom is -0.287 e. The molecule has 1 unspecified atom stereocenters. The smallest absolute Gasteiger partial charge is 0.229 e. The lowest BCUT2D eigenvalue weighted by Gasteiger charge is -2.11. The number of nitrogens with zero attached hydrogens (tertiary/aromatic N) is 3. The monoisotopic (exact) mass is 308 g/mol. The normalized spacial score (nSPS) is 20.7. The number of carbonyl (C=O) groups is 1. The number of hydrogen-bond acceptors (Lipinski definition) is 7. The van der Waals surface area contributed by atoms with Crippen LogP contribution in [0.1, 0.15) is 6.42 Å². The highest BCUT2D eigenvalue weighted by atomic mass is 32.2. The van der Waals surface area contributed by atoms with E-state index >= 15 is 0 Å². The van der Waals surface area contributed by atoms with Crippen molar-refractivity contribution in [3.05, 3.63) is 0 Å². The molecule has 1 amide bonds. The number of rotatable bonds is 4. The average Bonchev–Trinajstić information content (AvgIpc) is 2.82. The van der Waals surface area contributed by atoms with Crippen molar-refractivity contribution in [2.45, 2.75) is 11.6 Å². The largest absolute Gasteiger partial charge is 0.287 e. The minimum atomic E-state index is -3.55. The molecule has 0 bridgehead atoms. The highest BCUT2D eigenvalue weighted by molar-refractivity contribution is 7.98. The molecule has 18 heavy (non-hydrogen) atoms. The third kappa shape index (κ3) is 3.19. The van der Waals surface area contributed by atoms with Crippen LogP contribution in [0.2, 0.25) is 0 Å². The maximum Gasteiger partial charge on any atom is 0.229 e. The molecule has 2 rings (SSSR count). The molecule has 0 aromatic carbocycles. The lowest BCUT2D eigenvalue weighted by molar-refractivity contribution is -0.117. The Balaban J connectivity index is 2.09. The van der Waals surface area contributed by atoms with E-state index in [0.29, 0.717) is 16.8 Å². The molecule has 10 heteroatoms. The van der Waals surface area contributed by atoms with Gasteiger partial charge in [0.1, 0.15) is 0 Å². The Labute approximate surface area is 113 Å². The molecule has 0 saturated carbocycles. The van der Waals surface area contributed by atoms with Crippen molar-refractivity contribution in [2.24, 2.45) is 11.1 Å². The van der Waals surface area contributed by atoms with Crippen molar-refractivity contribution in [1.29, 1.82) is 0 Å². The summed E-state index contributed by atoms with van der Waals surface area (Å²) >= 11 is 2.53. The highest BCUT2D eigenvalue weighted by Crippen LogP contribution is 2.28. The van der Waals surface area contributed by atoms with Crippen molar-refractivity contribution in [1.82, 2.24) is 9.36 Å². The van der Waals surface area contributed by atoms with Crippen LogP contribution in [0.25, 0.3) is 0 Å². The summed E-state index contributed by atoms with van der Waals surface area (Å²) in [6.07, 6.45) is 2.03.